The van der Waals surface area contributed by atoms with Gasteiger partial charge < -0.3 is 9.47 Å². The summed E-state index contributed by atoms with van der Waals surface area (Å²) in [7, 11) is 0. The van der Waals surface area contributed by atoms with Crippen LogP contribution in [0.3, 0.4) is 0 Å². The molecule has 0 bridgehead atoms. The van der Waals surface area contributed by atoms with Crippen molar-refractivity contribution in [2.75, 3.05) is 6.54 Å². The monoisotopic (exact) mass is 366 g/mol. The molecule has 0 saturated carbocycles. The molecule has 1 aromatic heterocycles. The van der Waals surface area contributed by atoms with Crippen LogP contribution in [0.2, 0.25) is 0 Å². The maximum absolute atomic E-state index is 12.9. The fourth-order valence-corrected chi connectivity index (χ4v) is 4.74. The van der Waals surface area contributed by atoms with E-state index in [-0.39, 0.29) is 0 Å². The number of benzene rings is 1. The first-order valence-corrected chi connectivity index (χ1v) is 10.3. The van der Waals surface area contributed by atoms with Crippen LogP contribution >= 0.6 is 0 Å². The van der Waals surface area contributed by atoms with Crippen LogP contribution < -0.4 is 0 Å². The number of nitrogens with zero attached hydrogens (tertiary/aromatic N) is 4. The van der Waals surface area contributed by atoms with E-state index in [1.807, 2.05) is 12.3 Å². The highest BCUT2D eigenvalue weighted by Crippen LogP contribution is 2.32. The van der Waals surface area contributed by atoms with E-state index < -0.39 is 0 Å². The molecule has 1 amide bonds. The van der Waals surface area contributed by atoms with Crippen LogP contribution in [-0.2, 0) is 24.4 Å². The highest BCUT2D eigenvalue weighted by molar-refractivity contribution is 5.76. The summed E-state index contributed by atoms with van der Waals surface area (Å²) in [6.07, 6.45) is 9.04. The lowest BCUT2D eigenvalue weighted by atomic mass is 9.96. The first-order chi connectivity index (χ1) is 13.3. The Hall–Kier alpha value is -2.14. The average Bonchev–Trinajstić information content (AvgIpc) is 3.29. The molecule has 2 aliphatic heterocycles. The van der Waals surface area contributed by atoms with Crippen molar-refractivity contribution in [3.05, 3.63) is 54.1 Å². The largest absolute Gasteiger partial charge is 0.334 e. The van der Waals surface area contributed by atoms with E-state index in [1.165, 1.54) is 12.0 Å². The lowest BCUT2D eigenvalue weighted by Crippen LogP contribution is -2.48. The van der Waals surface area contributed by atoms with Crippen molar-refractivity contribution in [1.82, 2.24) is 19.4 Å². The quantitative estimate of drug-likeness (QED) is 0.814. The SMILES string of the molecule is CCn1ccnc1CN1CC[C@H]2[C@H]1CCCCC(=O)N2Cc1ccccc1. The van der Waals surface area contributed by atoms with Gasteiger partial charge in [-0.05, 0) is 31.7 Å². The summed E-state index contributed by atoms with van der Waals surface area (Å²) < 4.78 is 2.23. The second-order valence-electron chi connectivity index (χ2n) is 7.78. The molecule has 1 aromatic carbocycles. The first kappa shape index (κ1) is 18.2. The van der Waals surface area contributed by atoms with Crippen molar-refractivity contribution in [2.24, 2.45) is 0 Å². The predicted molar refractivity (Wildman–Crippen MR) is 106 cm³/mol. The number of rotatable bonds is 5. The van der Waals surface area contributed by atoms with E-state index in [0.717, 1.165) is 51.3 Å². The Bertz CT molecular complexity index is 757. The van der Waals surface area contributed by atoms with E-state index >= 15 is 0 Å². The van der Waals surface area contributed by atoms with Crippen LogP contribution in [0.1, 0.15) is 50.4 Å². The van der Waals surface area contributed by atoms with Crippen LogP contribution in [0.5, 0.6) is 0 Å². The van der Waals surface area contributed by atoms with Crippen molar-refractivity contribution in [1.29, 1.82) is 0 Å². The Morgan fingerprint density at radius 2 is 1.93 bits per heavy atom. The fourth-order valence-electron chi connectivity index (χ4n) is 4.74. The summed E-state index contributed by atoms with van der Waals surface area (Å²) in [4.78, 5) is 22.2. The Balaban J connectivity index is 1.54. The summed E-state index contributed by atoms with van der Waals surface area (Å²) in [5.74, 6) is 1.46. The van der Waals surface area contributed by atoms with Gasteiger partial charge in [0.05, 0.1) is 6.54 Å². The summed E-state index contributed by atoms with van der Waals surface area (Å²) in [5.41, 5.74) is 1.23. The zero-order valence-corrected chi connectivity index (χ0v) is 16.3. The van der Waals surface area contributed by atoms with Crippen molar-refractivity contribution in [2.45, 2.75) is 70.7 Å². The number of aromatic nitrogens is 2. The lowest BCUT2D eigenvalue weighted by molar-refractivity contribution is -0.135. The second kappa shape index (κ2) is 8.26. The molecule has 2 atom stereocenters. The third-order valence-electron chi connectivity index (χ3n) is 6.17. The standard InChI is InChI=1S/C22H30N4O/c1-2-24-15-13-23-21(24)17-25-14-12-20-19(25)10-6-7-11-22(27)26(20)16-18-8-4-3-5-9-18/h3-5,8-9,13,15,19-20H,2,6-7,10-12,14,16-17H2,1H3/t19-,20+/m1/s1. The molecular weight excluding hydrogens is 336 g/mol. The minimum Gasteiger partial charge on any atom is -0.334 e. The number of likely N-dealkylation sites (tertiary alicyclic amines) is 2. The van der Waals surface area contributed by atoms with Gasteiger partial charge in [0.1, 0.15) is 5.82 Å². The normalized spacial score (nSPS) is 23.9. The van der Waals surface area contributed by atoms with Crippen LogP contribution in [0, 0.1) is 0 Å². The predicted octanol–water partition coefficient (Wildman–Crippen LogP) is 3.45. The van der Waals surface area contributed by atoms with Gasteiger partial charge in [-0.15, -0.1) is 0 Å². The van der Waals surface area contributed by atoms with E-state index in [9.17, 15) is 4.79 Å². The molecule has 0 spiro atoms. The van der Waals surface area contributed by atoms with E-state index in [2.05, 4.69) is 56.7 Å². The maximum atomic E-state index is 12.9. The molecule has 3 heterocycles. The number of carbonyl (C=O) groups is 1. The molecule has 2 aromatic rings. The minimum absolute atomic E-state index is 0.322. The maximum Gasteiger partial charge on any atom is 0.223 e. The Kier molecular flexibility index (Phi) is 5.58. The molecular formula is C22H30N4O. The number of aryl methyl sites for hydroxylation is 1. The smallest absolute Gasteiger partial charge is 0.223 e. The van der Waals surface area contributed by atoms with Gasteiger partial charge in [0.25, 0.3) is 0 Å². The molecule has 4 rings (SSSR count). The van der Waals surface area contributed by atoms with Crippen LogP contribution in [0.15, 0.2) is 42.7 Å². The number of imidazole rings is 1. The van der Waals surface area contributed by atoms with Crippen LogP contribution in [0.4, 0.5) is 0 Å². The molecule has 2 aliphatic rings. The number of hydrogen-bond donors (Lipinski definition) is 0. The van der Waals surface area contributed by atoms with E-state index in [0.29, 0.717) is 24.4 Å². The highest BCUT2D eigenvalue weighted by Gasteiger charge is 2.40. The Morgan fingerprint density at radius 3 is 2.74 bits per heavy atom. The Labute approximate surface area is 162 Å². The molecule has 2 fully saturated rings. The van der Waals surface area contributed by atoms with Gasteiger partial charge in [-0.2, -0.15) is 0 Å². The van der Waals surface area contributed by atoms with Gasteiger partial charge in [-0.25, -0.2) is 4.98 Å². The van der Waals surface area contributed by atoms with E-state index in [4.69, 9.17) is 0 Å². The van der Waals surface area contributed by atoms with Gasteiger partial charge in [0.2, 0.25) is 5.91 Å². The van der Waals surface area contributed by atoms with Gasteiger partial charge in [0.15, 0.2) is 0 Å². The van der Waals surface area contributed by atoms with Crippen molar-refractivity contribution in [3.63, 3.8) is 0 Å². The van der Waals surface area contributed by atoms with Gasteiger partial charge in [0, 0.05) is 50.5 Å². The third kappa shape index (κ3) is 3.93. The zero-order valence-electron chi connectivity index (χ0n) is 16.3. The van der Waals surface area contributed by atoms with Crippen LogP contribution in [-0.4, -0.2) is 43.9 Å². The zero-order chi connectivity index (χ0) is 18.6. The van der Waals surface area contributed by atoms with Crippen molar-refractivity contribution >= 4 is 5.91 Å². The molecule has 0 aliphatic carbocycles. The molecule has 0 radical (unpaired) electrons. The summed E-state index contributed by atoms with van der Waals surface area (Å²) in [6, 6.07) is 11.2. The molecule has 5 nitrogen and oxygen atoms in total. The molecule has 0 unspecified atom stereocenters. The number of hydrogen-bond acceptors (Lipinski definition) is 3. The summed E-state index contributed by atoms with van der Waals surface area (Å²) in [6.45, 7) is 5.78. The highest BCUT2D eigenvalue weighted by atomic mass is 16.2. The molecule has 0 N–H and O–H groups in total. The molecule has 2 saturated heterocycles. The summed E-state index contributed by atoms with van der Waals surface area (Å²) in [5, 5.41) is 0. The van der Waals surface area contributed by atoms with Crippen molar-refractivity contribution < 1.29 is 4.79 Å². The second-order valence-corrected chi connectivity index (χ2v) is 7.78. The molecule has 5 heteroatoms. The van der Waals surface area contributed by atoms with Gasteiger partial charge in [-0.1, -0.05) is 36.8 Å². The van der Waals surface area contributed by atoms with Gasteiger partial charge in [-0.3, -0.25) is 9.69 Å². The first-order valence-electron chi connectivity index (χ1n) is 10.3. The number of fused-ring (bicyclic) bond motifs is 1. The van der Waals surface area contributed by atoms with Gasteiger partial charge >= 0.3 is 0 Å². The average molecular weight is 367 g/mol. The summed E-state index contributed by atoms with van der Waals surface area (Å²) >= 11 is 0. The minimum atomic E-state index is 0.322. The number of amides is 1. The van der Waals surface area contributed by atoms with E-state index in [1.54, 1.807) is 0 Å². The molecule has 144 valence electrons. The molecule has 27 heavy (non-hydrogen) atoms. The van der Waals surface area contributed by atoms with Crippen molar-refractivity contribution in [3.8, 4) is 0 Å². The fraction of sp³-hybridized carbons (Fsp3) is 0.545. The van der Waals surface area contributed by atoms with Crippen LogP contribution in [0.25, 0.3) is 0 Å². The topological polar surface area (TPSA) is 41.4 Å². The lowest BCUT2D eigenvalue weighted by Gasteiger charge is -2.37. The Morgan fingerprint density at radius 1 is 1.07 bits per heavy atom. The third-order valence-corrected chi connectivity index (χ3v) is 6.17. The number of carbonyl (C=O) groups excluding carboxylic acids is 1.